The Balaban J connectivity index is 6.37. The molecule has 4 nitrogen and oxygen atoms in total. The first-order chi connectivity index (χ1) is 11.9. The van der Waals surface area contributed by atoms with Crippen molar-refractivity contribution >= 4 is 11.5 Å². The number of ether oxygens (including phenoxy) is 1. The molecule has 0 spiro atoms. The van der Waals surface area contributed by atoms with Crippen molar-refractivity contribution in [1.82, 2.24) is 5.32 Å². The van der Waals surface area contributed by atoms with E-state index in [-0.39, 0.29) is 5.78 Å². The topological polar surface area (TPSA) is 50.7 Å². The molecule has 4 heteroatoms. The number of nitrogens with one attached hydrogen (secondary N) is 1. The second-order valence-electron chi connectivity index (χ2n) is 5.83. The minimum absolute atomic E-state index is 0.0895. The van der Waals surface area contributed by atoms with Crippen LogP contribution in [0.1, 0.15) is 53.9 Å². The number of carbonyl (C=O) groups excluding carboxylic acids is 1. The van der Waals surface area contributed by atoms with Gasteiger partial charge in [-0.2, -0.15) is 0 Å². The van der Waals surface area contributed by atoms with Gasteiger partial charge in [0.1, 0.15) is 5.76 Å². The smallest absolute Gasteiger partial charge is 0.166 e. The van der Waals surface area contributed by atoms with Gasteiger partial charge in [0.15, 0.2) is 5.78 Å². The lowest BCUT2D eigenvalue weighted by Gasteiger charge is -2.14. The highest BCUT2D eigenvalue weighted by atomic mass is 16.5. The largest absolute Gasteiger partial charge is 0.501 e. The summed E-state index contributed by atoms with van der Waals surface area (Å²) >= 11 is 0. The van der Waals surface area contributed by atoms with Crippen LogP contribution in [0, 0.1) is 0 Å². The molecule has 0 radical (unpaired) electrons. The van der Waals surface area contributed by atoms with Crippen LogP contribution < -0.4 is 5.32 Å². The third-order valence-corrected chi connectivity index (χ3v) is 4.09. The summed E-state index contributed by atoms with van der Waals surface area (Å²) in [7, 11) is 5.26. The minimum Gasteiger partial charge on any atom is -0.501 e. The van der Waals surface area contributed by atoms with Gasteiger partial charge in [0.05, 0.1) is 18.4 Å². The monoisotopic (exact) mass is 346 g/mol. The third kappa shape index (κ3) is 7.12. The van der Waals surface area contributed by atoms with Crippen molar-refractivity contribution in [2.45, 2.75) is 53.9 Å². The molecule has 0 aliphatic carbocycles. The molecule has 0 saturated carbocycles. The van der Waals surface area contributed by atoms with Gasteiger partial charge in [0, 0.05) is 31.8 Å². The number of aliphatic imine (C=N–C) groups is 1. The maximum atomic E-state index is 12.6. The Bertz CT molecular complexity index is 605. The van der Waals surface area contributed by atoms with Crippen LogP contribution in [0.2, 0.25) is 0 Å². The van der Waals surface area contributed by atoms with Gasteiger partial charge in [-0.25, -0.2) is 0 Å². The van der Waals surface area contributed by atoms with E-state index in [1.165, 1.54) is 0 Å². The molecule has 0 aromatic carbocycles. The van der Waals surface area contributed by atoms with Gasteiger partial charge < -0.3 is 10.1 Å². The van der Waals surface area contributed by atoms with Gasteiger partial charge in [-0.1, -0.05) is 26.0 Å². The summed E-state index contributed by atoms with van der Waals surface area (Å²) < 4.78 is 5.35. The fourth-order valence-electron chi connectivity index (χ4n) is 2.32. The Labute approximate surface area is 153 Å². The molecule has 0 aromatic rings. The van der Waals surface area contributed by atoms with Crippen LogP contribution in [0.4, 0.5) is 0 Å². The molecule has 0 unspecified atom stereocenters. The Hall–Kier alpha value is -2.10. The predicted octanol–water partition coefficient (Wildman–Crippen LogP) is 4.75. The number of ketones is 1. The van der Waals surface area contributed by atoms with E-state index < -0.39 is 0 Å². The molecule has 0 aromatic heterocycles. The van der Waals surface area contributed by atoms with E-state index in [2.05, 4.69) is 23.3 Å². The van der Waals surface area contributed by atoms with Crippen molar-refractivity contribution in [2.24, 2.45) is 4.99 Å². The van der Waals surface area contributed by atoms with Crippen molar-refractivity contribution in [3.8, 4) is 0 Å². The van der Waals surface area contributed by atoms with Crippen molar-refractivity contribution in [3.63, 3.8) is 0 Å². The zero-order valence-electron chi connectivity index (χ0n) is 17.1. The predicted molar refractivity (Wildman–Crippen MR) is 108 cm³/mol. The number of hydrogen-bond acceptors (Lipinski definition) is 4. The summed E-state index contributed by atoms with van der Waals surface area (Å²) in [6.07, 6.45) is 8.21. The summed E-state index contributed by atoms with van der Waals surface area (Å²) in [6, 6.07) is 0. The average Bonchev–Trinajstić information content (AvgIpc) is 2.62. The first-order valence-electron chi connectivity index (χ1n) is 8.86. The molecule has 0 amide bonds. The highest BCUT2D eigenvalue weighted by Crippen LogP contribution is 2.19. The molecular formula is C21H34N2O2. The number of Topliss-reactive ketones (excluding diaryl/α,β-unsaturated/α-hetero) is 1. The molecule has 0 fully saturated rings. The van der Waals surface area contributed by atoms with E-state index in [4.69, 9.17) is 4.74 Å². The standard InChI is InChI=1S/C21H34N2O2/c1-9-11-13-18(21(23-7)15(3)16(4)22-6)14-19(17(5)25-8)20(24)12-10-2/h11,13-14,22H,9-10,12H2,1-8H3/b13-11-,16-15+,18-14+,19-17-,23-21?. The summed E-state index contributed by atoms with van der Waals surface area (Å²) in [6.45, 7) is 9.95. The van der Waals surface area contributed by atoms with Gasteiger partial charge >= 0.3 is 0 Å². The Morgan fingerprint density at radius 1 is 1.20 bits per heavy atom. The fourth-order valence-corrected chi connectivity index (χ4v) is 2.32. The number of hydrogen-bond donors (Lipinski definition) is 1. The van der Waals surface area contributed by atoms with Crippen LogP contribution in [-0.2, 0) is 9.53 Å². The summed E-state index contributed by atoms with van der Waals surface area (Å²) in [5.74, 6) is 0.718. The lowest BCUT2D eigenvalue weighted by Crippen LogP contribution is -2.13. The third-order valence-electron chi connectivity index (χ3n) is 4.09. The van der Waals surface area contributed by atoms with E-state index >= 15 is 0 Å². The highest BCUT2D eigenvalue weighted by molar-refractivity contribution is 6.15. The molecule has 0 heterocycles. The quantitative estimate of drug-likeness (QED) is 0.269. The normalized spacial score (nSPS) is 15.0. The second-order valence-corrected chi connectivity index (χ2v) is 5.83. The molecule has 1 N–H and O–H groups in total. The van der Waals surface area contributed by atoms with Gasteiger partial charge in [0.25, 0.3) is 0 Å². The molecule has 0 rings (SSSR count). The zero-order chi connectivity index (χ0) is 19.4. The van der Waals surface area contributed by atoms with E-state index in [0.717, 1.165) is 35.4 Å². The first-order valence-corrected chi connectivity index (χ1v) is 8.86. The van der Waals surface area contributed by atoms with E-state index in [1.807, 2.05) is 46.9 Å². The number of carbonyl (C=O) groups is 1. The maximum absolute atomic E-state index is 12.6. The van der Waals surface area contributed by atoms with Gasteiger partial charge in [-0.3, -0.25) is 9.79 Å². The van der Waals surface area contributed by atoms with Crippen molar-refractivity contribution in [3.05, 3.63) is 46.4 Å². The van der Waals surface area contributed by atoms with E-state index in [9.17, 15) is 4.79 Å². The van der Waals surface area contributed by atoms with Crippen molar-refractivity contribution in [1.29, 1.82) is 0 Å². The lowest BCUT2D eigenvalue weighted by atomic mass is 9.96. The van der Waals surface area contributed by atoms with Crippen LogP contribution in [0.3, 0.4) is 0 Å². The van der Waals surface area contributed by atoms with E-state index in [0.29, 0.717) is 17.8 Å². The second kappa shape index (κ2) is 12.3. The fraction of sp³-hybridized carbons (Fsp3) is 0.524. The van der Waals surface area contributed by atoms with Crippen LogP contribution in [-0.4, -0.2) is 32.7 Å². The van der Waals surface area contributed by atoms with E-state index in [1.54, 1.807) is 14.2 Å². The number of rotatable bonds is 10. The molecular weight excluding hydrogens is 312 g/mol. The molecule has 0 bridgehead atoms. The summed E-state index contributed by atoms with van der Waals surface area (Å²) in [5, 5.41) is 3.16. The molecule has 140 valence electrons. The van der Waals surface area contributed by atoms with Crippen molar-refractivity contribution in [2.75, 3.05) is 21.2 Å². The van der Waals surface area contributed by atoms with Gasteiger partial charge in [-0.15, -0.1) is 0 Å². The van der Waals surface area contributed by atoms with Crippen LogP contribution in [0.5, 0.6) is 0 Å². The Kier molecular flexibility index (Phi) is 11.3. The molecule has 0 aliphatic heterocycles. The maximum Gasteiger partial charge on any atom is 0.166 e. The minimum atomic E-state index is 0.0895. The SMILES string of the molecule is CC\C=C/C(=C\C(C(=O)CCC)=C(/C)OC)C(=NC)/C(C)=C(\C)NC. The van der Waals surface area contributed by atoms with Gasteiger partial charge in [0.2, 0.25) is 0 Å². The average molecular weight is 347 g/mol. The molecule has 0 atom stereocenters. The van der Waals surface area contributed by atoms with Crippen LogP contribution in [0.25, 0.3) is 0 Å². The molecule has 0 aliphatic rings. The summed E-state index contributed by atoms with van der Waals surface area (Å²) in [5.41, 5.74) is 4.48. The number of methoxy groups -OCH3 is 1. The number of nitrogens with zero attached hydrogens (tertiary/aromatic N) is 1. The molecule has 25 heavy (non-hydrogen) atoms. The highest BCUT2D eigenvalue weighted by Gasteiger charge is 2.15. The molecule has 0 saturated heterocycles. The van der Waals surface area contributed by atoms with Crippen LogP contribution in [0.15, 0.2) is 51.4 Å². The number of allylic oxidation sites excluding steroid dienone is 8. The Morgan fingerprint density at radius 2 is 1.84 bits per heavy atom. The lowest BCUT2D eigenvalue weighted by molar-refractivity contribution is -0.115. The first kappa shape index (κ1) is 22.9. The zero-order valence-corrected chi connectivity index (χ0v) is 17.1. The van der Waals surface area contributed by atoms with Crippen molar-refractivity contribution < 1.29 is 9.53 Å². The Morgan fingerprint density at radius 3 is 2.28 bits per heavy atom. The van der Waals surface area contributed by atoms with Gasteiger partial charge in [-0.05, 0) is 45.3 Å². The van der Waals surface area contributed by atoms with Crippen LogP contribution >= 0.6 is 0 Å². The summed E-state index contributed by atoms with van der Waals surface area (Å²) in [4.78, 5) is 17.0.